The van der Waals surface area contributed by atoms with Gasteiger partial charge in [0.15, 0.2) is 0 Å². The molecule has 0 amide bonds. The third-order valence-corrected chi connectivity index (χ3v) is 5.78. The summed E-state index contributed by atoms with van der Waals surface area (Å²) >= 11 is 0.863. The molecular weight excluding hydrogens is 310 g/mol. The molecule has 6 nitrogen and oxygen atoms in total. The zero-order valence-electron chi connectivity index (χ0n) is 10.5. The number of hydrogen-bond donors (Lipinski definition) is 2. The third kappa shape index (κ3) is 4.68. The molecule has 1 heterocycles. The van der Waals surface area contributed by atoms with Crippen LogP contribution in [0.5, 0.6) is 0 Å². The molecule has 0 aliphatic heterocycles. The molecule has 19 heavy (non-hydrogen) atoms. The maximum atomic E-state index is 12.0. The second-order valence-corrected chi connectivity index (χ2v) is 8.16. The lowest BCUT2D eigenvalue weighted by atomic mass is 10.3. The van der Waals surface area contributed by atoms with E-state index in [1.165, 1.54) is 11.4 Å². The maximum Gasteiger partial charge on any atom is 0.347 e. The number of carboxylic acids is 1. The number of sulfonamides is 1. The van der Waals surface area contributed by atoms with Crippen molar-refractivity contribution in [2.45, 2.75) is 24.3 Å². The van der Waals surface area contributed by atoms with Crippen LogP contribution in [-0.4, -0.2) is 41.8 Å². The van der Waals surface area contributed by atoms with Crippen LogP contribution in [0.4, 0.5) is 0 Å². The quantitative estimate of drug-likeness (QED) is 0.775. The minimum absolute atomic E-state index is 0.209. The molecule has 0 spiro atoms. The standard InChI is InChI=1S/C10H15NO5S3/c1-7(4-6-18(2)14)11-19(15,16)8-3-5-17-9(8)10(12)13/h3,5,7,11H,4,6H2,1-2H3,(H,12,13). The zero-order valence-corrected chi connectivity index (χ0v) is 12.9. The second-order valence-electron chi connectivity index (χ2n) is 4.01. The SMILES string of the molecule is CC(CCS(C)=O)NS(=O)(=O)c1ccsc1C(=O)O. The maximum absolute atomic E-state index is 12.0. The lowest BCUT2D eigenvalue weighted by molar-refractivity contribution is 0.0698. The fourth-order valence-corrected chi connectivity index (χ4v) is 4.62. The van der Waals surface area contributed by atoms with Gasteiger partial charge in [0.05, 0.1) is 0 Å². The highest BCUT2D eigenvalue weighted by Crippen LogP contribution is 2.22. The van der Waals surface area contributed by atoms with Gasteiger partial charge in [0.25, 0.3) is 0 Å². The molecule has 1 aromatic heterocycles. The summed E-state index contributed by atoms with van der Waals surface area (Å²) in [5, 5.41) is 10.3. The molecule has 9 heteroatoms. The number of nitrogens with one attached hydrogen (secondary N) is 1. The Morgan fingerprint density at radius 3 is 2.74 bits per heavy atom. The fourth-order valence-electron chi connectivity index (χ4n) is 1.40. The van der Waals surface area contributed by atoms with Crippen LogP contribution in [0.1, 0.15) is 23.0 Å². The molecule has 0 bridgehead atoms. The molecule has 2 atom stereocenters. The van der Waals surface area contributed by atoms with Crippen LogP contribution >= 0.6 is 11.3 Å². The van der Waals surface area contributed by atoms with Crippen LogP contribution in [0.3, 0.4) is 0 Å². The fraction of sp³-hybridized carbons (Fsp3) is 0.500. The number of rotatable bonds is 7. The van der Waals surface area contributed by atoms with Gasteiger partial charge in [-0.3, -0.25) is 4.21 Å². The molecule has 0 aliphatic carbocycles. The van der Waals surface area contributed by atoms with Crippen molar-refractivity contribution in [2.75, 3.05) is 12.0 Å². The van der Waals surface area contributed by atoms with Crippen molar-refractivity contribution in [1.82, 2.24) is 4.72 Å². The van der Waals surface area contributed by atoms with Gasteiger partial charge in [0, 0.05) is 28.9 Å². The van der Waals surface area contributed by atoms with E-state index in [-0.39, 0.29) is 9.77 Å². The summed E-state index contributed by atoms with van der Waals surface area (Å²) in [5.74, 6) is -0.878. The molecule has 0 aromatic carbocycles. The average molecular weight is 325 g/mol. The van der Waals surface area contributed by atoms with E-state index in [0.29, 0.717) is 12.2 Å². The smallest absolute Gasteiger partial charge is 0.347 e. The molecule has 0 aliphatic rings. The number of thiophene rings is 1. The van der Waals surface area contributed by atoms with Gasteiger partial charge >= 0.3 is 5.97 Å². The van der Waals surface area contributed by atoms with Crippen LogP contribution in [0.15, 0.2) is 16.3 Å². The first kappa shape index (κ1) is 16.3. The van der Waals surface area contributed by atoms with Gasteiger partial charge in [-0.25, -0.2) is 17.9 Å². The Kier molecular flexibility index (Phi) is 5.65. The first-order valence-electron chi connectivity index (χ1n) is 5.37. The summed E-state index contributed by atoms with van der Waals surface area (Å²) in [4.78, 5) is 10.5. The number of aromatic carboxylic acids is 1. The Morgan fingerprint density at radius 2 is 2.21 bits per heavy atom. The normalized spacial score (nSPS) is 15.1. The van der Waals surface area contributed by atoms with E-state index in [1.54, 1.807) is 13.2 Å². The van der Waals surface area contributed by atoms with E-state index in [9.17, 15) is 17.4 Å². The second kappa shape index (κ2) is 6.60. The van der Waals surface area contributed by atoms with E-state index in [2.05, 4.69) is 4.72 Å². The minimum Gasteiger partial charge on any atom is -0.477 e. The van der Waals surface area contributed by atoms with E-state index in [0.717, 1.165) is 11.3 Å². The molecular formula is C10H15NO5S3. The van der Waals surface area contributed by atoms with E-state index in [1.807, 2.05) is 0 Å². The van der Waals surface area contributed by atoms with Crippen molar-refractivity contribution in [3.63, 3.8) is 0 Å². The van der Waals surface area contributed by atoms with Crippen molar-refractivity contribution in [3.8, 4) is 0 Å². The van der Waals surface area contributed by atoms with Gasteiger partial charge in [0.1, 0.15) is 9.77 Å². The predicted molar refractivity (Wildman–Crippen MR) is 74.6 cm³/mol. The Bertz CT molecular complexity index is 578. The summed E-state index contributed by atoms with van der Waals surface area (Å²) in [5.41, 5.74) is 0. The minimum atomic E-state index is -3.86. The number of carbonyl (C=O) groups is 1. The van der Waals surface area contributed by atoms with Crippen molar-refractivity contribution in [3.05, 3.63) is 16.3 Å². The monoisotopic (exact) mass is 325 g/mol. The highest BCUT2D eigenvalue weighted by molar-refractivity contribution is 7.89. The summed E-state index contributed by atoms with van der Waals surface area (Å²) in [6.07, 6.45) is 1.97. The largest absolute Gasteiger partial charge is 0.477 e. The van der Waals surface area contributed by atoms with Crippen LogP contribution < -0.4 is 4.72 Å². The highest BCUT2D eigenvalue weighted by atomic mass is 32.2. The van der Waals surface area contributed by atoms with Gasteiger partial charge < -0.3 is 5.11 Å². The number of carboxylic acid groups (broad SMARTS) is 1. The van der Waals surface area contributed by atoms with Crippen LogP contribution in [0.2, 0.25) is 0 Å². The summed E-state index contributed by atoms with van der Waals surface area (Å²) < 4.78 is 37.4. The Hall–Kier alpha value is -0.770. The van der Waals surface area contributed by atoms with E-state index < -0.39 is 32.8 Å². The lowest BCUT2D eigenvalue weighted by Crippen LogP contribution is -2.34. The Morgan fingerprint density at radius 1 is 1.58 bits per heavy atom. The molecule has 108 valence electrons. The summed E-state index contributed by atoms with van der Waals surface area (Å²) in [7, 11) is -4.85. The van der Waals surface area contributed by atoms with Crippen molar-refractivity contribution >= 4 is 38.1 Å². The predicted octanol–water partition coefficient (Wildman–Crippen LogP) is 0.882. The molecule has 2 N–H and O–H groups in total. The van der Waals surface area contributed by atoms with Crippen LogP contribution in [0.25, 0.3) is 0 Å². The molecule has 0 fully saturated rings. The summed E-state index contributed by atoms with van der Waals surface area (Å²) in [6.45, 7) is 1.65. The lowest BCUT2D eigenvalue weighted by Gasteiger charge is -2.13. The Labute approximate surface area is 118 Å². The van der Waals surface area contributed by atoms with Gasteiger partial charge in [0.2, 0.25) is 10.0 Å². The number of hydrogen-bond acceptors (Lipinski definition) is 5. The topological polar surface area (TPSA) is 101 Å². The highest BCUT2D eigenvalue weighted by Gasteiger charge is 2.25. The van der Waals surface area contributed by atoms with Crippen LogP contribution in [0, 0.1) is 0 Å². The van der Waals surface area contributed by atoms with E-state index in [4.69, 9.17) is 5.11 Å². The van der Waals surface area contributed by atoms with Gasteiger partial charge in [-0.1, -0.05) is 0 Å². The Balaban J connectivity index is 2.84. The van der Waals surface area contributed by atoms with Crippen molar-refractivity contribution in [2.24, 2.45) is 0 Å². The van der Waals surface area contributed by atoms with Gasteiger partial charge in [-0.05, 0) is 24.8 Å². The summed E-state index contributed by atoms with van der Waals surface area (Å²) in [6, 6.07) is 0.858. The van der Waals surface area contributed by atoms with Gasteiger partial charge in [-0.15, -0.1) is 11.3 Å². The first-order valence-corrected chi connectivity index (χ1v) is 9.46. The van der Waals surface area contributed by atoms with Gasteiger partial charge in [-0.2, -0.15) is 0 Å². The molecule has 0 saturated carbocycles. The van der Waals surface area contributed by atoms with Crippen molar-refractivity contribution < 1.29 is 22.5 Å². The first-order chi connectivity index (χ1) is 8.74. The molecule has 1 rings (SSSR count). The third-order valence-electron chi connectivity index (χ3n) is 2.31. The molecule has 1 aromatic rings. The zero-order chi connectivity index (χ0) is 14.6. The van der Waals surface area contributed by atoms with Crippen LogP contribution in [-0.2, 0) is 20.8 Å². The molecule has 0 saturated heterocycles. The average Bonchev–Trinajstić information content (AvgIpc) is 2.75. The van der Waals surface area contributed by atoms with Crippen molar-refractivity contribution in [1.29, 1.82) is 0 Å². The van der Waals surface area contributed by atoms with E-state index >= 15 is 0 Å². The molecule has 0 radical (unpaired) electrons. The molecule has 2 unspecified atom stereocenters.